The first-order valence-electron chi connectivity index (χ1n) is 13.5. The average Bonchev–Trinajstić information content (AvgIpc) is 2.86. The van der Waals surface area contributed by atoms with Crippen LogP contribution in [0.25, 0.3) is 0 Å². The van der Waals surface area contributed by atoms with Crippen LogP contribution in [0, 0.1) is 74.1 Å². The first-order chi connectivity index (χ1) is 18.2. The van der Waals surface area contributed by atoms with Crippen molar-refractivity contribution in [2.24, 2.45) is 0 Å². The third-order valence-corrected chi connectivity index (χ3v) is 8.25. The molecule has 38 heavy (non-hydrogen) atoms. The molecule has 0 aromatic rings. The molecule has 0 fully saturated rings. The normalized spacial score (nSPS) is 11.8. The summed E-state index contributed by atoms with van der Waals surface area (Å²) in [6.45, 7) is 6.11. The minimum atomic E-state index is -4.46. The molecule has 0 unspecified atom stereocenters. The summed E-state index contributed by atoms with van der Waals surface area (Å²) in [7, 11) is -4.46. The Balaban J connectivity index is 7.09. The lowest BCUT2D eigenvalue weighted by atomic mass is 9.90. The molecule has 0 saturated carbocycles. The molecular weight excluding hydrogens is 491 g/mol. The first kappa shape index (κ1) is 35.5. The van der Waals surface area contributed by atoms with Crippen LogP contribution in [0.5, 0.6) is 0 Å². The summed E-state index contributed by atoms with van der Waals surface area (Å²) in [5.74, 6) is 15.8. The molecule has 0 aromatic carbocycles. The lowest BCUT2D eigenvalue weighted by Gasteiger charge is -2.42. The van der Waals surface area contributed by atoms with Gasteiger partial charge in [-0.1, -0.05) is 59.3 Å². The van der Waals surface area contributed by atoms with Crippen molar-refractivity contribution in [1.29, 1.82) is 0 Å². The van der Waals surface area contributed by atoms with Crippen molar-refractivity contribution >= 4 is 7.82 Å². The van der Waals surface area contributed by atoms with Crippen molar-refractivity contribution in [3.8, 4) is 74.1 Å². The van der Waals surface area contributed by atoms with Gasteiger partial charge in [-0.05, 0) is 19.3 Å². The van der Waals surface area contributed by atoms with E-state index in [9.17, 15) is 4.57 Å². The van der Waals surface area contributed by atoms with Crippen LogP contribution in [0.3, 0.4) is 0 Å². The van der Waals surface area contributed by atoms with Crippen LogP contribution < -0.4 is 0 Å². The molecular formula is C33H45O4P. The van der Waals surface area contributed by atoms with Crippen LogP contribution >= 0.6 is 7.82 Å². The quantitative estimate of drug-likeness (QED) is 0.110. The Kier molecular flexibility index (Phi) is 17.4. The highest BCUT2D eigenvalue weighted by molar-refractivity contribution is 7.48. The molecule has 0 spiro atoms. The zero-order chi connectivity index (χ0) is 29.0. The highest BCUT2D eigenvalue weighted by Gasteiger charge is 2.50. The molecule has 0 aliphatic heterocycles. The number of unbranched alkanes of at least 4 members (excludes halogenated alkanes) is 3. The Hall–Kier alpha value is -2.53. The molecule has 0 aromatic heterocycles. The predicted molar refractivity (Wildman–Crippen MR) is 158 cm³/mol. The van der Waals surface area contributed by atoms with Gasteiger partial charge in [-0.3, -0.25) is 13.6 Å². The molecule has 0 N–H and O–H groups in total. The minimum absolute atomic E-state index is 0.117. The molecule has 4 nitrogen and oxygen atoms in total. The van der Waals surface area contributed by atoms with Crippen LogP contribution in [0.4, 0.5) is 0 Å². The van der Waals surface area contributed by atoms with Gasteiger partial charge in [0.15, 0.2) is 0 Å². The molecule has 0 amide bonds. The molecule has 0 saturated heterocycles. The topological polar surface area (TPSA) is 44.8 Å². The summed E-state index contributed by atoms with van der Waals surface area (Å²) in [6, 6.07) is 0. The lowest BCUT2D eigenvalue weighted by Crippen LogP contribution is -2.39. The molecule has 0 atom stereocenters. The van der Waals surface area contributed by atoms with E-state index < -0.39 is 24.6 Å². The highest BCUT2D eigenvalue weighted by Crippen LogP contribution is 2.62. The summed E-state index contributed by atoms with van der Waals surface area (Å²) >= 11 is 0. The van der Waals surface area contributed by atoms with E-state index in [-0.39, 0.29) is 38.5 Å². The van der Waals surface area contributed by atoms with Gasteiger partial charge >= 0.3 is 7.82 Å². The minimum Gasteiger partial charge on any atom is -0.278 e. The molecule has 0 heterocycles. The second-order valence-corrected chi connectivity index (χ2v) is 11.3. The van der Waals surface area contributed by atoms with E-state index in [2.05, 4.69) is 35.5 Å². The van der Waals surface area contributed by atoms with Crippen molar-refractivity contribution in [2.45, 2.75) is 134 Å². The predicted octanol–water partition coefficient (Wildman–Crippen LogP) is 8.07. The molecule has 0 aliphatic rings. The maximum absolute atomic E-state index is 14.9. The van der Waals surface area contributed by atoms with Gasteiger partial charge in [0.1, 0.15) is 16.8 Å². The third-order valence-electron chi connectivity index (χ3n) is 6.42. The summed E-state index contributed by atoms with van der Waals surface area (Å²) in [6.07, 6.45) is 41.3. The fourth-order valence-electron chi connectivity index (χ4n) is 4.43. The van der Waals surface area contributed by atoms with Crippen molar-refractivity contribution in [3.63, 3.8) is 0 Å². The van der Waals surface area contributed by atoms with Crippen LogP contribution in [-0.2, 0) is 18.1 Å². The number of phosphoric acid groups is 1. The Bertz CT molecular complexity index is 822. The first-order valence-corrected chi connectivity index (χ1v) is 15.0. The van der Waals surface area contributed by atoms with Gasteiger partial charge in [-0.15, -0.1) is 74.1 Å². The molecule has 0 bridgehead atoms. The molecule has 0 radical (unpaired) electrons. The Morgan fingerprint density at radius 3 is 0.868 bits per heavy atom. The summed E-state index contributed by atoms with van der Waals surface area (Å²) in [5.41, 5.74) is -3.41. The summed E-state index contributed by atoms with van der Waals surface area (Å²) in [5, 5.41) is 0. The van der Waals surface area contributed by atoms with Crippen LogP contribution in [0.15, 0.2) is 0 Å². The zero-order valence-corrected chi connectivity index (χ0v) is 24.5. The monoisotopic (exact) mass is 536 g/mol. The molecule has 206 valence electrons. The zero-order valence-electron chi connectivity index (χ0n) is 23.7. The number of terminal acetylenes is 6. The van der Waals surface area contributed by atoms with Crippen molar-refractivity contribution in [2.75, 3.05) is 0 Å². The standard InChI is InChI=1S/C33H45O4P/c1-10-19-28-31(22-13-4,23-14-5)35-38(34,36-32(24-15-6,25-16-7)29-20-11-2)37-33(26-17-8,27-18-9)30-21-12-3/h4-9H,10-12,19-30H2,1-3H3. The van der Waals surface area contributed by atoms with E-state index in [1.165, 1.54) is 0 Å². The van der Waals surface area contributed by atoms with E-state index in [1.54, 1.807) is 0 Å². The maximum atomic E-state index is 14.9. The SMILES string of the molecule is C#CCC(CC#C)(CCCC)OP(=O)(OC(CC#C)(CC#C)CCCC)OC(CC#C)(CC#C)CCCC. The number of rotatable bonds is 21. The van der Waals surface area contributed by atoms with Crippen LogP contribution in [0.1, 0.15) is 117 Å². The Morgan fingerprint density at radius 1 is 0.500 bits per heavy atom. The van der Waals surface area contributed by atoms with E-state index in [0.29, 0.717) is 19.3 Å². The van der Waals surface area contributed by atoms with Gasteiger partial charge in [0.25, 0.3) is 0 Å². The third kappa shape index (κ3) is 11.9. The van der Waals surface area contributed by atoms with E-state index in [4.69, 9.17) is 52.1 Å². The van der Waals surface area contributed by atoms with Crippen LogP contribution in [0.2, 0.25) is 0 Å². The maximum Gasteiger partial charge on any atom is 0.476 e. The Morgan fingerprint density at radius 2 is 0.711 bits per heavy atom. The van der Waals surface area contributed by atoms with E-state index >= 15 is 0 Å². The second-order valence-electron chi connectivity index (χ2n) is 9.87. The number of phosphoric ester groups is 1. The average molecular weight is 537 g/mol. The van der Waals surface area contributed by atoms with E-state index in [0.717, 1.165) is 38.5 Å². The van der Waals surface area contributed by atoms with Gasteiger partial charge in [0, 0.05) is 38.5 Å². The van der Waals surface area contributed by atoms with Crippen molar-refractivity contribution < 1.29 is 18.1 Å². The highest BCUT2D eigenvalue weighted by atomic mass is 31.2. The molecule has 0 rings (SSSR count). The fraction of sp³-hybridized carbons (Fsp3) is 0.636. The van der Waals surface area contributed by atoms with Gasteiger partial charge in [-0.25, -0.2) is 4.57 Å². The molecule has 5 heteroatoms. The smallest absolute Gasteiger partial charge is 0.278 e. The lowest BCUT2D eigenvalue weighted by molar-refractivity contribution is -0.0693. The van der Waals surface area contributed by atoms with Gasteiger partial charge in [-0.2, -0.15) is 0 Å². The van der Waals surface area contributed by atoms with Gasteiger partial charge < -0.3 is 0 Å². The van der Waals surface area contributed by atoms with Crippen LogP contribution in [-0.4, -0.2) is 16.8 Å². The fourth-order valence-corrected chi connectivity index (χ4v) is 6.62. The van der Waals surface area contributed by atoms with Gasteiger partial charge in [0.2, 0.25) is 0 Å². The Labute approximate surface area is 233 Å². The summed E-state index contributed by atoms with van der Waals surface area (Å²) in [4.78, 5) is 0. The van der Waals surface area contributed by atoms with Gasteiger partial charge in [0.05, 0.1) is 0 Å². The summed E-state index contributed by atoms with van der Waals surface area (Å²) < 4.78 is 34.2. The second kappa shape index (κ2) is 18.7. The molecule has 0 aliphatic carbocycles. The van der Waals surface area contributed by atoms with E-state index in [1.807, 2.05) is 20.8 Å². The number of hydrogen-bond acceptors (Lipinski definition) is 4. The van der Waals surface area contributed by atoms with Crippen molar-refractivity contribution in [1.82, 2.24) is 0 Å². The largest absolute Gasteiger partial charge is 0.476 e. The number of hydrogen-bond donors (Lipinski definition) is 0. The van der Waals surface area contributed by atoms with Crippen molar-refractivity contribution in [3.05, 3.63) is 0 Å².